The van der Waals surface area contributed by atoms with E-state index in [-0.39, 0.29) is 22.5 Å². The molecular weight excluding hydrogens is 655 g/mol. The minimum atomic E-state index is 0. The number of nitrogens with one attached hydrogen (secondary N) is 2. The molecule has 3 aromatic heterocycles. The van der Waals surface area contributed by atoms with E-state index in [1.807, 2.05) is 164 Å². The zero-order chi connectivity index (χ0) is 32.9. The number of aromatic amines is 2. The van der Waals surface area contributed by atoms with Gasteiger partial charge in [-0.05, 0) is 72.8 Å². The van der Waals surface area contributed by atoms with Gasteiger partial charge in [0, 0.05) is 39.1 Å². The number of hydrogen-bond donors (Lipinski definition) is 2. The van der Waals surface area contributed by atoms with Crippen molar-refractivity contribution in [3.8, 4) is 0 Å². The Labute approximate surface area is 304 Å². The SMILES string of the molecule is C1=Cc2cc3ccc(cc4ccc(cc5nc(cc1n2)C=C5)[nH]4)[nH]3.O.[Mn].[c-]1ccccc1.[c-]1ccccc1.[c-]1ccccc1.[c-]1ccccc1. The zero-order valence-electron chi connectivity index (χ0n) is 27.2. The number of fused-ring (bicyclic) bond motifs is 8. The first-order chi connectivity index (χ1) is 23.8. The first kappa shape index (κ1) is 38.4. The first-order valence-corrected chi connectivity index (χ1v) is 15.5. The van der Waals surface area contributed by atoms with Crippen molar-refractivity contribution in [1.29, 1.82) is 0 Å². The molecule has 249 valence electrons. The van der Waals surface area contributed by atoms with E-state index in [0.29, 0.717) is 0 Å². The quantitative estimate of drug-likeness (QED) is 0.123. The van der Waals surface area contributed by atoms with Gasteiger partial charge in [-0.15, -0.1) is 0 Å². The molecular formula is C44H36MnN4O-4. The van der Waals surface area contributed by atoms with Crippen molar-refractivity contribution in [1.82, 2.24) is 19.9 Å². The van der Waals surface area contributed by atoms with Crippen LogP contribution in [0.15, 0.2) is 170 Å². The van der Waals surface area contributed by atoms with E-state index >= 15 is 0 Å². The molecule has 0 amide bonds. The maximum atomic E-state index is 4.62. The summed E-state index contributed by atoms with van der Waals surface area (Å²) in [5.41, 5.74) is 7.86. The molecule has 0 saturated heterocycles. The van der Waals surface area contributed by atoms with Crippen LogP contribution in [0, 0.1) is 24.3 Å². The minimum absolute atomic E-state index is 0. The number of nitrogens with zero attached hydrogens (tertiary/aromatic N) is 2. The Hall–Kier alpha value is -6.04. The van der Waals surface area contributed by atoms with Crippen LogP contribution in [0.5, 0.6) is 0 Å². The summed E-state index contributed by atoms with van der Waals surface area (Å²) in [6.07, 6.45) is 8.05. The van der Waals surface area contributed by atoms with Crippen LogP contribution in [0.4, 0.5) is 0 Å². The van der Waals surface area contributed by atoms with Gasteiger partial charge in [-0.25, -0.2) is 9.97 Å². The molecule has 0 spiro atoms. The zero-order valence-corrected chi connectivity index (χ0v) is 28.4. The third-order valence-corrected chi connectivity index (χ3v) is 6.47. The predicted octanol–water partition coefficient (Wildman–Crippen LogP) is 9.78. The van der Waals surface area contributed by atoms with Crippen molar-refractivity contribution in [2.45, 2.75) is 0 Å². The first-order valence-electron chi connectivity index (χ1n) is 15.5. The Balaban J connectivity index is 0.000000211. The molecule has 4 aromatic carbocycles. The molecule has 0 unspecified atom stereocenters. The summed E-state index contributed by atoms with van der Waals surface area (Å²) in [6.45, 7) is 0. The number of benzene rings is 4. The monoisotopic (exact) mass is 691 g/mol. The molecule has 5 heterocycles. The summed E-state index contributed by atoms with van der Waals surface area (Å²) < 4.78 is 0. The summed E-state index contributed by atoms with van der Waals surface area (Å²) in [4.78, 5) is 16.0. The molecule has 0 aliphatic carbocycles. The summed E-state index contributed by atoms with van der Waals surface area (Å²) >= 11 is 0. The maximum absolute atomic E-state index is 4.62. The van der Waals surface area contributed by atoms with Crippen LogP contribution in [0.25, 0.3) is 46.4 Å². The molecule has 8 bridgehead atoms. The molecule has 5 nitrogen and oxygen atoms in total. The van der Waals surface area contributed by atoms with Crippen molar-refractivity contribution in [3.63, 3.8) is 0 Å². The number of rotatable bonds is 0. The van der Waals surface area contributed by atoms with Crippen LogP contribution in [0.3, 0.4) is 0 Å². The summed E-state index contributed by atoms with van der Waals surface area (Å²) in [5.74, 6) is 0. The van der Waals surface area contributed by atoms with Gasteiger partial charge in [0.25, 0.3) is 0 Å². The average molecular weight is 692 g/mol. The van der Waals surface area contributed by atoms with Gasteiger partial charge in [0.2, 0.25) is 0 Å². The smallest absolute Gasteiger partial charge is 0.0659 e. The fourth-order valence-electron chi connectivity index (χ4n) is 4.31. The molecule has 2 aliphatic heterocycles. The normalized spacial score (nSPS) is 9.92. The van der Waals surface area contributed by atoms with Crippen molar-refractivity contribution < 1.29 is 22.5 Å². The molecule has 6 heteroatoms. The molecule has 7 aromatic rings. The summed E-state index contributed by atoms with van der Waals surface area (Å²) in [5, 5.41) is 0. The standard InChI is InChI=1S/C20H14N4.4C6H5.Mn.H2O/c1-2-14-10-16-5-6-18(23-16)12-20-8-7-19(24-20)11-17-4-3-15(22-17)9-13(1)21-14;4*1-2-4-6-5-3-1;;/h1-12,21-22H;4*1-5H;;1H2/q;4*-1;;. The van der Waals surface area contributed by atoms with E-state index in [1.54, 1.807) is 0 Å². The molecule has 1 radical (unpaired) electrons. The van der Waals surface area contributed by atoms with Crippen LogP contribution in [-0.2, 0) is 17.1 Å². The number of aromatic nitrogens is 4. The third kappa shape index (κ3) is 14.4. The topological polar surface area (TPSA) is 88.9 Å². The Morgan fingerprint density at radius 1 is 0.340 bits per heavy atom. The fourth-order valence-corrected chi connectivity index (χ4v) is 4.31. The molecule has 9 rings (SSSR count). The molecule has 50 heavy (non-hydrogen) atoms. The minimum Gasteiger partial charge on any atom is -0.412 e. The number of hydrogen-bond acceptors (Lipinski definition) is 2. The largest absolute Gasteiger partial charge is 0.412 e. The van der Waals surface area contributed by atoms with Crippen LogP contribution in [0.1, 0.15) is 22.8 Å². The Morgan fingerprint density at radius 2 is 0.600 bits per heavy atom. The fraction of sp³-hybridized carbons (Fsp3) is 0. The van der Waals surface area contributed by atoms with Crippen LogP contribution in [-0.4, -0.2) is 25.4 Å². The second-order valence-electron chi connectivity index (χ2n) is 10.2. The van der Waals surface area contributed by atoms with Crippen LogP contribution in [0.2, 0.25) is 0 Å². The van der Waals surface area contributed by atoms with E-state index in [9.17, 15) is 0 Å². The van der Waals surface area contributed by atoms with Gasteiger partial charge < -0.3 is 15.4 Å². The van der Waals surface area contributed by atoms with Crippen molar-refractivity contribution in [2.24, 2.45) is 0 Å². The molecule has 0 saturated carbocycles. The Bertz CT molecular complexity index is 1810. The van der Waals surface area contributed by atoms with Gasteiger partial charge in [-0.2, -0.15) is 146 Å². The van der Waals surface area contributed by atoms with Gasteiger partial charge in [0.05, 0.1) is 22.8 Å². The molecule has 4 N–H and O–H groups in total. The Kier molecular flexibility index (Phi) is 17.3. The van der Waals surface area contributed by atoms with E-state index in [1.165, 1.54) is 0 Å². The van der Waals surface area contributed by atoms with Crippen LogP contribution >= 0.6 is 0 Å². The van der Waals surface area contributed by atoms with E-state index < -0.39 is 0 Å². The van der Waals surface area contributed by atoms with E-state index in [2.05, 4.69) is 74.5 Å². The van der Waals surface area contributed by atoms with Gasteiger partial charge >= 0.3 is 0 Å². The second kappa shape index (κ2) is 22.5. The van der Waals surface area contributed by atoms with E-state index in [4.69, 9.17) is 0 Å². The van der Waals surface area contributed by atoms with Crippen molar-refractivity contribution in [3.05, 3.63) is 217 Å². The van der Waals surface area contributed by atoms with Crippen molar-refractivity contribution in [2.75, 3.05) is 0 Å². The summed E-state index contributed by atoms with van der Waals surface area (Å²) in [7, 11) is 0. The molecule has 2 aliphatic rings. The average Bonchev–Trinajstić information content (AvgIpc) is 4.00. The number of H-pyrrole nitrogens is 2. The van der Waals surface area contributed by atoms with Gasteiger partial charge in [-0.1, -0.05) is 0 Å². The Morgan fingerprint density at radius 3 is 0.840 bits per heavy atom. The van der Waals surface area contributed by atoms with Crippen molar-refractivity contribution >= 4 is 46.4 Å². The second-order valence-corrected chi connectivity index (χ2v) is 10.2. The maximum Gasteiger partial charge on any atom is 0.0659 e. The van der Waals surface area contributed by atoms with Gasteiger partial charge in [0.1, 0.15) is 0 Å². The van der Waals surface area contributed by atoms with Gasteiger partial charge in [-0.3, -0.25) is 0 Å². The van der Waals surface area contributed by atoms with Crippen LogP contribution < -0.4 is 0 Å². The third-order valence-electron chi connectivity index (χ3n) is 6.47. The molecule has 0 fully saturated rings. The predicted molar refractivity (Wildman–Crippen MR) is 204 cm³/mol. The summed E-state index contributed by atoms with van der Waals surface area (Å²) in [6, 6.07) is 66.4. The van der Waals surface area contributed by atoms with Gasteiger partial charge in [0.15, 0.2) is 0 Å². The van der Waals surface area contributed by atoms with E-state index in [0.717, 1.165) is 44.8 Å². The molecule has 0 atom stereocenters.